The molecule has 9 heteroatoms. The fraction of sp³-hybridized carbons (Fsp3) is 0.136. The number of carbonyl (C=O) groups is 1. The summed E-state index contributed by atoms with van der Waals surface area (Å²) < 4.78 is 62.6. The van der Waals surface area contributed by atoms with Crippen molar-refractivity contribution in [3.05, 3.63) is 95.6 Å². The first-order chi connectivity index (χ1) is 14.8. The van der Waals surface area contributed by atoms with Crippen molar-refractivity contribution in [2.24, 2.45) is 0 Å². The zero-order valence-corrected chi connectivity index (χ0v) is 17.2. The molecule has 0 amide bonds. The summed E-state index contributed by atoms with van der Waals surface area (Å²) in [6.07, 6.45) is 0. The Labute approximate surface area is 178 Å². The highest BCUT2D eigenvalue weighted by Crippen LogP contribution is 2.27. The smallest absolute Gasteiger partial charge is 0.387 e. The number of ether oxygens (including phenoxy) is 2. The Morgan fingerprint density at radius 1 is 0.903 bits per heavy atom. The third kappa shape index (κ3) is 5.65. The number of benzene rings is 3. The molecule has 1 N–H and O–H groups in total. The van der Waals surface area contributed by atoms with Crippen LogP contribution in [0.4, 0.5) is 8.78 Å². The van der Waals surface area contributed by atoms with E-state index in [4.69, 9.17) is 0 Å². The lowest BCUT2D eigenvalue weighted by Gasteiger charge is -2.20. The predicted molar refractivity (Wildman–Crippen MR) is 109 cm³/mol. The molecule has 0 fully saturated rings. The van der Waals surface area contributed by atoms with Gasteiger partial charge in [0.05, 0.1) is 23.6 Å². The minimum atomic E-state index is -4.06. The molecule has 0 aliphatic carbocycles. The summed E-state index contributed by atoms with van der Waals surface area (Å²) >= 11 is 0. The summed E-state index contributed by atoms with van der Waals surface area (Å²) in [5.74, 6) is -0.703. The number of hydrogen-bond acceptors (Lipinski definition) is 5. The van der Waals surface area contributed by atoms with Crippen molar-refractivity contribution in [3.8, 4) is 5.75 Å². The van der Waals surface area contributed by atoms with E-state index in [1.807, 2.05) is 0 Å². The van der Waals surface area contributed by atoms with E-state index >= 15 is 0 Å². The van der Waals surface area contributed by atoms with E-state index in [1.165, 1.54) is 55.6 Å². The molecular formula is C22H19F2NO5S. The van der Waals surface area contributed by atoms with E-state index in [1.54, 1.807) is 30.3 Å². The summed E-state index contributed by atoms with van der Waals surface area (Å²) in [6.45, 7) is -2.96. The summed E-state index contributed by atoms with van der Waals surface area (Å²) in [5, 5.41) is 0. The number of rotatable bonds is 8. The van der Waals surface area contributed by atoms with Crippen LogP contribution in [0.2, 0.25) is 0 Å². The summed E-state index contributed by atoms with van der Waals surface area (Å²) in [7, 11) is -2.86. The largest absolute Gasteiger partial charge is 0.465 e. The molecule has 0 saturated heterocycles. The van der Waals surface area contributed by atoms with Crippen molar-refractivity contribution < 1.29 is 31.5 Å². The summed E-state index contributed by atoms with van der Waals surface area (Å²) in [5.41, 5.74) is 1.24. The number of methoxy groups -OCH3 is 1. The highest BCUT2D eigenvalue weighted by Gasteiger charge is 2.24. The number of alkyl halides is 2. The van der Waals surface area contributed by atoms with E-state index in [-0.39, 0.29) is 16.2 Å². The van der Waals surface area contributed by atoms with Crippen LogP contribution in [0.3, 0.4) is 0 Å². The lowest BCUT2D eigenvalue weighted by Crippen LogP contribution is -2.29. The van der Waals surface area contributed by atoms with Crippen LogP contribution in [0.1, 0.15) is 27.5 Å². The second-order valence-corrected chi connectivity index (χ2v) is 8.15. The first-order valence-corrected chi connectivity index (χ1v) is 10.6. The van der Waals surface area contributed by atoms with Gasteiger partial charge in [-0.05, 0) is 41.5 Å². The van der Waals surface area contributed by atoms with Gasteiger partial charge in [0.1, 0.15) is 5.75 Å². The molecule has 0 aromatic heterocycles. The first kappa shape index (κ1) is 22.4. The molecule has 0 spiro atoms. The Morgan fingerprint density at radius 3 is 2.16 bits per heavy atom. The molecule has 0 aliphatic heterocycles. The highest BCUT2D eigenvalue weighted by molar-refractivity contribution is 7.89. The van der Waals surface area contributed by atoms with E-state index in [2.05, 4.69) is 14.2 Å². The molecule has 0 aliphatic rings. The molecule has 0 bridgehead atoms. The normalized spacial score (nSPS) is 12.4. The van der Waals surface area contributed by atoms with E-state index in [9.17, 15) is 22.0 Å². The minimum absolute atomic E-state index is 0.0424. The SMILES string of the molecule is COC(=O)c1cccc(S(=O)(=O)N[C@@H](c2ccccc2)c2ccc(OC(F)F)cc2)c1. The molecule has 1 atom stereocenters. The molecule has 3 aromatic carbocycles. The van der Waals surface area contributed by atoms with Gasteiger partial charge in [-0.2, -0.15) is 13.5 Å². The molecular weight excluding hydrogens is 428 g/mol. The Kier molecular flexibility index (Phi) is 6.98. The van der Waals surface area contributed by atoms with Gasteiger partial charge in [-0.15, -0.1) is 0 Å². The van der Waals surface area contributed by atoms with Gasteiger partial charge >= 0.3 is 12.6 Å². The fourth-order valence-corrected chi connectivity index (χ4v) is 4.21. The maximum absolute atomic E-state index is 13.1. The zero-order valence-electron chi connectivity index (χ0n) is 16.4. The quantitative estimate of drug-likeness (QED) is 0.525. The van der Waals surface area contributed by atoms with Crippen LogP contribution in [0.15, 0.2) is 83.8 Å². The number of nitrogens with one attached hydrogen (secondary N) is 1. The van der Waals surface area contributed by atoms with Crippen LogP contribution < -0.4 is 9.46 Å². The van der Waals surface area contributed by atoms with Gasteiger partial charge in [0, 0.05) is 0 Å². The molecule has 0 radical (unpaired) electrons. The average Bonchev–Trinajstić information content (AvgIpc) is 2.78. The van der Waals surface area contributed by atoms with Crippen molar-refractivity contribution in [2.45, 2.75) is 17.5 Å². The molecule has 0 heterocycles. The number of esters is 1. The molecule has 162 valence electrons. The number of sulfonamides is 1. The molecule has 0 saturated carbocycles. The van der Waals surface area contributed by atoms with Gasteiger partial charge in [0.2, 0.25) is 10.0 Å². The minimum Gasteiger partial charge on any atom is -0.465 e. The third-order valence-electron chi connectivity index (χ3n) is 4.41. The van der Waals surface area contributed by atoms with Gasteiger partial charge in [-0.1, -0.05) is 48.5 Å². The van der Waals surface area contributed by atoms with Crippen molar-refractivity contribution in [1.82, 2.24) is 4.72 Å². The standard InChI is InChI=1S/C22H19F2NO5S/c1-29-21(26)17-8-5-9-19(14-17)31(27,28)25-20(15-6-3-2-4-7-15)16-10-12-18(13-11-16)30-22(23)24/h2-14,20,22,25H,1H3/t20-/m0/s1. The lowest BCUT2D eigenvalue weighted by molar-refractivity contribution is -0.0498. The number of hydrogen-bond donors (Lipinski definition) is 1. The van der Waals surface area contributed by atoms with Crippen LogP contribution >= 0.6 is 0 Å². The topological polar surface area (TPSA) is 81.7 Å². The van der Waals surface area contributed by atoms with E-state index < -0.39 is 28.6 Å². The van der Waals surface area contributed by atoms with Crippen LogP contribution in [0.5, 0.6) is 5.75 Å². The Bertz CT molecular complexity index is 1140. The summed E-state index contributed by atoms with van der Waals surface area (Å²) in [6, 6.07) is 19.1. The van der Waals surface area contributed by atoms with Gasteiger partial charge in [-0.3, -0.25) is 0 Å². The van der Waals surface area contributed by atoms with Crippen LogP contribution in [-0.2, 0) is 14.8 Å². The molecule has 0 unspecified atom stereocenters. The Hall–Kier alpha value is -3.30. The zero-order chi connectivity index (χ0) is 22.4. The summed E-state index contributed by atoms with van der Waals surface area (Å²) in [4.78, 5) is 11.6. The van der Waals surface area contributed by atoms with Crippen LogP contribution in [0.25, 0.3) is 0 Å². The number of halogens is 2. The van der Waals surface area contributed by atoms with Gasteiger partial charge < -0.3 is 9.47 Å². The van der Waals surface area contributed by atoms with Crippen LogP contribution in [-0.4, -0.2) is 28.1 Å². The highest BCUT2D eigenvalue weighted by atomic mass is 32.2. The maximum Gasteiger partial charge on any atom is 0.387 e. The van der Waals surface area contributed by atoms with Gasteiger partial charge in [0.25, 0.3) is 0 Å². The fourth-order valence-electron chi connectivity index (χ4n) is 2.95. The van der Waals surface area contributed by atoms with Crippen LogP contribution in [0, 0.1) is 0 Å². The predicted octanol–water partition coefficient (Wildman–Crippen LogP) is 4.14. The van der Waals surface area contributed by atoms with Crippen molar-refractivity contribution in [1.29, 1.82) is 0 Å². The monoisotopic (exact) mass is 447 g/mol. The Morgan fingerprint density at radius 2 is 1.55 bits per heavy atom. The molecule has 3 rings (SSSR count). The lowest BCUT2D eigenvalue weighted by atomic mass is 10.00. The second kappa shape index (κ2) is 9.67. The number of carbonyl (C=O) groups excluding carboxylic acids is 1. The maximum atomic E-state index is 13.1. The molecule has 31 heavy (non-hydrogen) atoms. The third-order valence-corrected chi connectivity index (χ3v) is 5.83. The van der Waals surface area contributed by atoms with Crippen molar-refractivity contribution in [3.63, 3.8) is 0 Å². The van der Waals surface area contributed by atoms with E-state index in [0.29, 0.717) is 11.1 Å². The second-order valence-electron chi connectivity index (χ2n) is 6.43. The Balaban J connectivity index is 1.97. The van der Waals surface area contributed by atoms with Gasteiger partial charge in [0.15, 0.2) is 0 Å². The van der Waals surface area contributed by atoms with Crippen molar-refractivity contribution >= 4 is 16.0 Å². The first-order valence-electron chi connectivity index (χ1n) is 9.10. The average molecular weight is 447 g/mol. The van der Waals surface area contributed by atoms with E-state index in [0.717, 1.165) is 0 Å². The van der Waals surface area contributed by atoms with Gasteiger partial charge in [-0.25, -0.2) is 13.2 Å². The molecule has 3 aromatic rings. The van der Waals surface area contributed by atoms with Crippen molar-refractivity contribution in [2.75, 3.05) is 7.11 Å². The molecule has 6 nitrogen and oxygen atoms in total.